The molecule has 3 aromatic rings. The number of rotatable bonds is 7. The fraction of sp³-hybridized carbons (Fsp3) is 0.364. The number of amides is 1. The Morgan fingerprint density at radius 3 is 2.94 bits per heavy atom. The van der Waals surface area contributed by atoms with Crippen molar-refractivity contribution in [2.24, 2.45) is 5.92 Å². The van der Waals surface area contributed by atoms with Crippen molar-refractivity contribution < 1.29 is 18.7 Å². The molecule has 1 aliphatic rings. The van der Waals surface area contributed by atoms with E-state index in [4.69, 9.17) is 9.26 Å². The first kappa shape index (κ1) is 22.2. The Labute approximate surface area is 193 Å². The normalized spacial score (nSPS) is 15.1. The minimum absolute atomic E-state index is 0.184. The number of fused-ring (bicyclic) bond motifs is 1. The van der Waals surface area contributed by atoms with Crippen LogP contribution in [0.15, 0.2) is 38.6 Å². The number of aromatic nitrogens is 2. The quantitative estimate of drug-likeness (QED) is 0.403. The van der Waals surface area contributed by atoms with Gasteiger partial charge in [0.25, 0.3) is 0 Å². The molecule has 8 nitrogen and oxygen atoms in total. The van der Waals surface area contributed by atoms with Gasteiger partial charge in [-0.25, -0.2) is 4.79 Å². The van der Waals surface area contributed by atoms with Gasteiger partial charge in [0.1, 0.15) is 16.8 Å². The number of hydrogen-bond donors (Lipinski definition) is 2. The summed E-state index contributed by atoms with van der Waals surface area (Å²) in [4.78, 5) is 25.9. The van der Waals surface area contributed by atoms with E-state index in [1.807, 2.05) is 0 Å². The molecule has 10 heteroatoms. The lowest BCUT2D eigenvalue weighted by Gasteiger charge is -2.17. The standard InChI is InChI=1S/C22H22N4O4S2/c1-13-3-8-16-17(12-23)20(32-18(16)11-13)24-19(27)9-10-31-21-22(28)30-25-26(21)14-4-6-15(29-2)7-5-14/h4-7,13H,3,8-11H2,1-2H3,(H-,24,25,27,28)/p+1. The van der Waals surface area contributed by atoms with Gasteiger partial charge in [-0.15, -0.1) is 11.3 Å². The predicted octanol–water partition coefficient (Wildman–Crippen LogP) is 3.43. The molecule has 1 amide bonds. The number of methoxy groups -OCH3 is 1. The fourth-order valence-corrected chi connectivity index (χ4v) is 5.96. The first-order chi connectivity index (χ1) is 15.5. The number of aromatic amines is 1. The van der Waals surface area contributed by atoms with E-state index in [1.165, 1.54) is 32.7 Å². The second-order valence-corrected chi connectivity index (χ2v) is 9.82. The van der Waals surface area contributed by atoms with Gasteiger partial charge in [0, 0.05) is 29.2 Å². The number of H-pyrrole nitrogens is 1. The average molecular weight is 472 g/mol. The maximum atomic E-state index is 12.5. The second kappa shape index (κ2) is 9.63. The number of nitriles is 1. The molecule has 0 spiro atoms. The van der Waals surface area contributed by atoms with E-state index in [1.54, 1.807) is 31.4 Å². The van der Waals surface area contributed by atoms with Gasteiger partial charge in [0.05, 0.1) is 12.7 Å². The highest BCUT2D eigenvalue weighted by molar-refractivity contribution is 7.99. The Kier molecular flexibility index (Phi) is 6.67. The van der Waals surface area contributed by atoms with E-state index < -0.39 is 5.63 Å². The number of carbonyl (C=O) groups excluding carboxylic acids is 1. The number of benzene rings is 1. The van der Waals surface area contributed by atoms with Gasteiger partial charge in [-0.3, -0.25) is 9.32 Å². The van der Waals surface area contributed by atoms with E-state index in [2.05, 4.69) is 23.6 Å². The third-order valence-electron chi connectivity index (χ3n) is 5.38. The minimum Gasteiger partial charge on any atom is -0.497 e. The molecule has 0 saturated carbocycles. The highest BCUT2D eigenvalue weighted by Gasteiger charge is 2.26. The number of anilines is 1. The molecule has 0 bridgehead atoms. The van der Waals surface area contributed by atoms with Crippen LogP contribution in [-0.2, 0) is 17.6 Å². The van der Waals surface area contributed by atoms with Crippen molar-refractivity contribution in [1.82, 2.24) is 5.27 Å². The molecule has 0 saturated heterocycles. The molecule has 0 fully saturated rings. The van der Waals surface area contributed by atoms with E-state index >= 15 is 0 Å². The SMILES string of the molecule is COc1ccc(-[n+]2[nH]oc(=O)c2SCCC(=O)Nc2sc3c(c2C#N)CCC(C)C3)cc1. The minimum atomic E-state index is -0.502. The molecule has 166 valence electrons. The van der Waals surface area contributed by atoms with E-state index in [9.17, 15) is 14.9 Å². The van der Waals surface area contributed by atoms with Gasteiger partial charge < -0.3 is 10.1 Å². The van der Waals surface area contributed by atoms with Gasteiger partial charge in [0.15, 0.2) is 0 Å². The summed E-state index contributed by atoms with van der Waals surface area (Å²) in [5.74, 6) is 1.50. The molecular weight excluding hydrogens is 448 g/mol. The molecule has 32 heavy (non-hydrogen) atoms. The van der Waals surface area contributed by atoms with Crippen LogP contribution >= 0.6 is 23.1 Å². The predicted molar refractivity (Wildman–Crippen MR) is 122 cm³/mol. The molecule has 1 aromatic carbocycles. The summed E-state index contributed by atoms with van der Waals surface area (Å²) in [6.45, 7) is 2.21. The Morgan fingerprint density at radius 1 is 1.44 bits per heavy atom. The van der Waals surface area contributed by atoms with E-state index in [0.717, 1.165) is 24.8 Å². The van der Waals surface area contributed by atoms with Crippen molar-refractivity contribution in [2.75, 3.05) is 18.2 Å². The molecule has 1 unspecified atom stereocenters. The van der Waals surface area contributed by atoms with Crippen molar-refractivity contribution in [3.05, 3.63) is 50.7 Å². The number of thioether (sulfide) groups is 1. The van der Waals surface area contributed by atoms with Gasteiger partial charge in [0.2, 0.25) is 11.6 Å². The molecule has 1 aliphatic carbocycles. The van der Waals surface area contributed by atoms with Crippen molar-refractivity contribution in [3.8, 4) is 17.5 Å². The topological polar surface area (TPSA) is 112 Å². The van der Waals surface area contributed by atoms with Crippen LogP contribution in [0.25, 0.3) is 5.69 Å². The van der Waals surface area contributed by atoms with Gasteiger partial charge in [-0.05, 0) is 64.6 Å². The molecule has 1 atom stereocenters. The Hall–Kier alpha value is -3.03. The number of nitrogens with one attached hydrogen (secondary N) is 2. The monoisotopic (exact) mass is 471 g/mol. The lowest BCUT2D eigenvalue weighted by atomic mass is 9.89. The lowest BCUT2D eigenvalue weighted by molar-refractivity contribution is -0.704. The number of ether oxygens (including phenoxy) is 1. The summed E-state index contributed by atoms with van der Waals surface area (Å²) in [6.07, 6.45) is 3.10. The van der Waals surface area contributed by atoms with Crippen LogP contribution in [0.4, 0.5) is 5.00 Å². The maximum absolute atomic E-state index is 12.5. The summed E-state index contributed by atoms with van der Waals surface area (Å²) in [5, 5.41) is 16.1. The average Bonchev–Trinajstić information content (AvgIpc) is 3.32. The van der Waals surface area contributed by atoms with Crippen LogP contribution in [0.3, 0.4) is 0 Å². The third kappa shape index (κ3) is 4.59. The largest absolute Gasteiger partial charge is 0.497 e. The van der Waals surface area contributed by atoms with Gasteiger partial charge >= 0.3 is 10.7 Å². The summed E-state index contributed by atoms with van der Waals surface area (Å²) >= 11 is 2.74. The highest BCUT2D eigenvalue weighted by Crippen LogP contribution is 2.39. The molecular formula is C22H23N4O4S2+. The van der Waals surface area contributed by atoms with Crippen LogP contribution in [0.1, 0.15) is 35.8 Å². The Bertz CT molecular complexity index is 1220. The summed E-state index contributed by atoms with van der Waals surface area (Å²) in [5.41, 5.74) is 1.89. The number of carbonyl (C=O) groups is 1. The first-order valence-corrected chi connectivity index (χ1v) is 12.1. The van der Waals surface area contributed by atoms with Gasteiger partial charge in [-0.2, -0.15) is 5.26 Å². The van der Waals surface area contributed by atoms with Crippen LogP contribution < -0.4 is 20.4 Å². The zero-order chi connectivity index (χ0) is 22.7. The lowest BCUT2D eigenvalue weighted by Crippen LogP contribution is -2.36. The number of thiophene rings is 1. The zero-order valence-electron chi connectivity index (χ0n) is 17.8. The smallest absolute Gasteiger partial charge is 0.442 e. The molecule has 0 aliphatic heterocycles. The molecule has 0 radical (unpaired) electrons. The number of nitrogens with zero attached hydrogens (tertiary/aromatic N) is 2. The molecule has 2 N–H and O–H groups in total. The molecule has 4 rings (SSSR count). The van der Waals surface area contributed by atoms with Gasteiger partial charge in [-0.1, -0.05) is 6.92 Å². The third-order valence-corrected chi connectivity index (χ3v) is 7.58. The Morgan fingerprint density at radius 2 is 2.22 bits per heavy atom. The fourth-order valence-electron chi connectivity index (χ4n) is 3.67. The van der Waals surface area contributed by atoms with Crippen LogP contribution in [0, 0.1) is 17.2 Å². The van der Waals surface area contributed by atoms with Crippen molar-refractivity contribution >= 4 is 34.0 Å². The molecule has 2 heterocycles. The highest BCUT2D eigenvalue weighted by atomic mass is 32.2. The van der Waals surface area contributed by atoms with Crippen molar-refractivity contribution in [1.29, 1.82) is 5.26 Å². The second-order valence-electron chi connectivity index (χ2n) is 7.63. The first-order valence-electron chi connectivity index (χ1n) is 10.3. The van der Waals surface area contributed by atoms with Crippen molar-refractivity contribution in [3.63, 3.8) is 0 Å². The Balaban J connectivity index is 1.40. The van der Waals surface area contributed by atoms with Crippen LogP contribution in [0.2, 0.25) is 0 Å². The maximum Gasteiger partial charge on any atom is 0.442 e. The molecule has 2 aromatic heterocycles. The summed E-state index contributed by atoms with van der Waals surface area (Å²) in [7, 11) is 1.58. The van der Waals surface area contributed by atoms with E-state index in [0.29, 0.717) is 38.7 Å². The van der Waals surface area contributed by atoms with Crippen molar-refractivity contribution in [2.45, 2.75) is 37.6 Å². The summed E-state index contributed by atoms with van der Waals surface area (Å²) < 4.78 is 11.6. The summed E-state index contributed by atoms with van der Waals surface area (Å²) in [6, 6.07) is 9.42. The van der Waals surface area contributed by atoms with E-state index in [-0.39, 0.29) is 12.3 Å². The van der Waals surface area contributed by atoms with Crippen LogP contribution in [-0.4, -0.2) is 24.0 Å². The number of hydrogen-bond acceptors (Lipinski definition) is 7. The van der Waals surface area contributed by atoms with Crippen LogP contribution in [0.5, 0.6) is 5.75 Å². The zero-order valence-corrected chi connectivity index (χ0v) is 19.4.